The molecule has 1 aliphatic heterocycles. The number of carbonyl (C=O) groups is 2. The Kier molecular flexibility index (Phi) is 10.1. The van der Waals surface area contributed by atoms with Gasteiger partial charge in [0.05, 0.1) is 0 Å². The normalized spacial score (nSPS) is 14.6. The third kappa shape index (κ3) is 8.41. The third-order valence-electron chi connectivity index (χ3n) is 2.36. The van der Waals surface area contributed by atoms with Crippen LogP contribution in [0.3, 0.4) is 0 Å². The van der Waals surface area contributed by atoms with E-state index < -0.39 is 5.60 Å². The summed E-state index contributed by atoms with van der Waals surface area (Å²) in [7, 11) is 0. The first-order chi connectivity index (χ1) is 8.42. The van der Waals surface area contributed by atoms with Crippen LogP contribution in [0.5, 0.6) is 0 Å². The van der Waals surface area contributed by atoms with Crippen LogP contribution in [0.4, 0.5) is 4.79 Å². The number of nitrogens with zero attached hydrogens (tertiary/aromatic N) is 1. The third-order valence-corrected chi connectivity index (χ3v) is 2.36. The number of carbonyl (C=O) groups excluding carboxylic acids is 2. The highest BCUT2D eigenvalue weighted by molar-refractivity contribution is 5.69. The number of hydrogen-bond acceptors (Lipinski definition) is 3. The highest BCUT2D eigenvalue weighted by Crippen LogP contribution is 2.18. The van der Waals surface area contributed by atoms with Gasteiger partial charge in [-0.3, -0.25) is 4.79 Å². The lowest BCUT2D eigenvalue weighted by Crippen LogP contribution is -2.40. The Labute approximate surface area is 117 Å². The van der Waals surface area contributed by atoms with Crippen molar-refractivity contribution in [3.05, 3.63) is 11.6 Å². The van der Waals surface area contributed by atoms with Gasteiger partial charge in [-0.1, -0.05) is 26.8 Å². The lowest BCUT2D eigenvalue weighted by atomic mass is 10.0. The Morgan fingerprint density at radius 3 is 2.05 bits per heavy atom. The van der Waals surface area contributed by atoms with E-state index in [1.54, 1.807) is 11.0 Å². The van der Waals surface area contributed by atoms with Crippen molar-refractivity contribution in [2.45, 2.75) is 60.5 Å². The predicted molar refractivity (Wildman–Crippen MR) is 79.3 cm³/mol. The fourth-order valence-corrected chi connectivity index (χ4v) is 1.57. The van der Waals surface area contributed by atoms with Crippen LogP contribution in [0.1, 0.15) is 54.9 Å². The average molecular weight is 271 g/mol. The van der Waals surface area contributed by atoms with E-state index in [1.807, 2.05) is 34.6 Å². The zero-order valence-electron chi connectivity index (χ0n) is 12.2. The number of piperidine rings is 1. The molecule has 1 heterocycles. The average Bonchev–Trinajstić information content (AvgIpc) is 2.31. The summed E-state index contributed by atoms with van der Waals surface area (Å²) < 4.78 is 5.27. The summed E-state index contributed by atoms with van der Waals surface area (Å²) in [5.74, 6) is 0. The molecule has 0 atom stereocenters. The van der Waals surface area contributed by atoms with Gasteiger partial charge in [0.15, 0.2) is 0 Å². The maximum absolute atomic E-state index is 11.7. The quantitative estimate of drug-likeness (QED) is 0.538. The van der Waals surface area contributed by atoms with E-state index in [0.29, 0.717) is 13.1 Å². The molecule has 1 aliphatic rings. The second-order valence-electron chi connectivity index (χ2n) is 4.93. The van der Waals surface area contributed by atoms with Gasteiger partial charge in [-0.05, 0) is 39.7 Å². The Morgan fingerprint density at radius 2 is 1.68 bits per heavy atom. The van der Waals surface area contributed by atoms with Crippen molar-refractivity contribution in [2.75, 3.05) is 13.1 Å². The molecule has 0 N–H and O–H groups in total. The molecule has 0 aromatic heterocycles. The first-order valence-corrected chi connectivity index (χ1v) is 6.53. The van der Waals surface area contributed by atoms with Gasteiger partial charge < -0.3 is 9.64 Å². The second-order valence-corrected chi connectivity index (χ2v) is 4.93. The van der Waals surface area contributed by atoms with E-state index in [2.05, 4.69) is 0 Å². The van der Waals surface area contributed by atoms with Crippen LogP contribution in [-0.2, 0) is 9.53 Å². The van der Waals surface area contributed by atoms with Gasteiger partial charge in [0.2, 0.25) is 0 Å². The molecule has 4 heteroatoms. The second kappa shape index (κ2) is 9.59. The summed E-state index contributed by atoms with van der Waals surface area (Å²) in [4.78, 5) is 23.7. The van der Waals surface area contributed by atoms with Crippen LogP contribution in [0.15, 0.2) is 11.6 Å². The van der Waals surface area contributed by atoms with Crippen molar-refractivity contribution in [3.8, 4) is 0 Å². The molecule has 0 bridgehead atoms. The molecule has 0 saturated carbocycles. The molecule has 4 nitrogen and oxygen atoms in total. The maximum Gasteiger partial charge on any atom is 0.410 e. The molecule has 112 valence electrons. The first-order valence-electron chi connectivity index (χ1n) is 6.53. The molecular formula is C15H29NO3. The van der Waals surface area contributed by atoms with Gasteiger partial charge in [0.25, 0.3) is 0 Å². The molecule has 0 aliphatic carbocycles. The topological polar surface area (TPSA) is 46.6 Å². The lowest BCUT2D eigenvalue weighted by Gasteiger charge is -2.30. The van der Waals surface area contributed by atoms with Crippen molar-refractivity contribution < 1.29 is 14.3 Å². The van der Waals surface area contributed by atoms with Crippen molar-refractivity contribution >= 4 is 12.4 Å². The minimum absolute atomic E-state index is 0. The number of ether oxygens (including phenoxy) is 1. The smallest absolute Gasteiger partial charge is 0.410 e. The molecule has 0 radical (unpaired) electrons. The van der Waals surface area contributed by atoms with Crippen LogP contribution in [0, 0.1) is 0 Å². The van der Waals surface area contributed by atoms with Crippen LogP contribution in [0.25, 0.3) is 0 Å². The summed E-state index contributed by atoms with van der Waals surface area (Å²) in [6, 6.07) is 0. The number of amides is 1. The number of aldehydes is 1. The van der Waals surface area contributed by atoms with E-state index in [9.17, 15) is 9.59 Å². The lowest BCUT2D eigenvalue weighted by molar-refractivity contribution is -0.104. The molecule has 0 spiro atoms. The van der Waals surface area contributed by atoms with E-state index >= 15 is 0 Å². The SMILES string of the molecule is C.CC.CC(C)(C)OC(=O)N1CCC(=CC=O)CC1. The summed E-state index contributed by atoms with van der Waals surface area (Å²) in [6.45, 7) is 10.8. The fraction of sp³-hybridized carbons (Fsp3) is 0.733. The highest BCUT2D eigenvalue weighted by Gasteiger charge is 2.24. The molecule has 1 fully saturated rings. The molecule has 19 heavy (non-hydrogen) atoms. The molecule has 1 rings (SSSR count). The van der Waals surface area contributed by atoms with Crippen molar-refractivity contribution in [1.82, 2.24) is 4.90 Å². The predicted octanol–water partition coefficient (Wildman–Crippen LogP) is 3.80. The van der Waals surface area contributed by atoms with Crippen LogP contribution in [-0.4, -0.2) is 36.0 Å². The van der Waals surface area contributed by atoms with Gasteiger partial charge >= 0.3 is 6.09 Å². The summed E-state index contributed by atoms with van der Waals surface area (Å²) in [5, 5.41) is 0. The van der Waals surface area contributed by atoms with Crippen molar-refractivity contribution in [3.63, 3.8) is 0 Å². The summed E-state index contributed by atoms with van der Waals surface area (Å²) in [6.07, 6.45) is 3.65. The number of allylic oxidation sites excluding steroid dienone is 1. The Bertz CT molecular complexity index is 293. The molecule has 0 unspecified atom stereocenters. The van der Waals surface area contributed by atoms with Gasteiger partial charge in [-0.15, -0.1) is 0 Å². The molecule has 0 aromatic carbocycles. The Morgan fingerprint density at radius 1 is 1.21 bits per heavy atom. The molecule has 1 saturated heterocycles. The van der Waals surface area contributed by atoms with E-state index in [0.717, 1.165) is 24.7 Å². The summed E-state index contributed by atoms with van der Waals surface area (Å²) >= 11 is 0. The van der Waals surface area contributed by atoms with Crippen LogP contribution < -0.4 is 0 Å². The Balaban J connectivity index is 0. The Hall–Kier alpha value is -1.32. The van der Waals surface area contributed by atoms with E-state index in [1.165, 1.54) is 0 Å². The van der Waals surface area contributed by atoms with Crippen molar-refractivity contribution in [1.29, 1.82) is 0 Å². The number of hydrogen-bond donors (Lipinski definition) is 0. The van der Waals surface area contributed by atoms with E-state index in [4.69, 9.17) is 4.74 Å². The standard InChI is InChI=1S/C12H19NO3.C2H6.CH4/c1-12(2,3)16-11(15)13-7-4-10(5-8-13)6-9-14;1-2;/h6,9H,4-5,7-8H2,1-3H3;1-2H3;1H4. The maximum atomic E-state index is 11.7. The summed E-state index contributed by atoms with van der Waals surface area (Å²) in [5.41, 5.74) is 0.658. The zero-order chi connectivity index (χ0) is 14.2. The van der Waals surface area contributed by atoms with Gasteiger partial charge in [-0.25, -0.2) is 4.79 Å². The van der Waals surface area contributed by atoms with Crippen molar-refractivity contribution in [2.24, 2.45) is 0 Å². The first kappa shape index (κ1) is 20.0. The van der Waals surface area contributed by atoms with E-state index in [-0.39, 0.29) is 13.5 Å². The molecule has 1 amide bonds. The zero-order valence-corrected chi connectivity index (χ0v) is 12.2. The minimum Gasteiger partial charge on any atom is -0.444 e. The fourth-order valence-electron chi connectivity index (χ4n) is 1.57. The van der Waals surface area contributed by atoms with Gasteiger partial charge in [-0.2, -0.15) is 0 Å². The monoisotopic (exact) mass is 271 g/mol. The van der Waals surface area contributed by atoms with Gasteiger partial charge in [0, 0.05) is 13.1 Å². The minimum atomic E-state index is -0.448. The number of rotatable bonds is 1. The largest absolute Gasteiger partial charge is 0.444 e. The highest BCUT2D eigenvalue weighted by atomic mass is 16.6. The molecular weight excluding hydrogens is 242 g/mol. The van der Waals surface area contributed by atoms with Gasteiger partial charge in [0.1, 0.15) is 11.9 Å². The van der Waals surface area contributed by atoms with Crippen LogP contribution >= 0.6 is 0 Å². The molecule has 0 aromatic rings. The number of likely N-dealkylation sites (tertiary alicyclic amines) is 1. The van der Waals surface area contributed by atoms with Crippen LogP contribution in [0.2, 0.25) is 0 Å².